The molecule has 0 radical (unpaired) electrons. The van der Waals surface area contributed by atoms with Crippen molar-refractivity contribution >= 4 is 55.6 Å². The van der Waals surface area contributed by atoms with E-state index >= 15 is 0 Å². The summed E-state index contributed by atoms with van der Waals surface area (Å²) in [4.78, 5) is 40.5. The normalized spacial score (nSPS) is 11.3. The molecule has 0 aromatic carbocycles. The van der Waals surface area contributed by atoms with E-state index in [2.05, 4.69) is 30.6 Å². The van der Waals surface area contributed by atoms with Gasteiger partial charge < -0.3 is 16.4 Å². The maximum Gasteiger partial charge on any atom is 0.285 e. The van der Waals surface area contributed by atoms with Gasteiger partial charge in [-0.25, -0.2) is 19.9 Å². The molecule has 3 aromatic heterocycles. The van der Waals surface area contributed by atoms with E-state index in [1.165, 1.54) is 21.8 Å². The van der Waals surface area contributed by atoms with E-state index in [-0.39, 0.29) is 33.8 Å². The molecule has 0 fully saturated rings. The van der Waals surface area contributed by atoms with Crippen LogP contribution in [0.2, 0.25) is 5.02 Å². The Balaban J connectivity index is 1.65. The van der Waals surface area contributed by atoms with E-state index in [0.29, 0.717) is 10.6 Å². The lowest BCUT2D eigenvalue weighted by Crippen LogP contribution is -2.25. The number of amides is 2. The number of nitrogens with two attached hydrogens (primary N) is 1. The highest BCUT2D eigenvalue weighted by molar-refractivity contribution is 7.17. The number of hydrogen-bond donors (Lipinski definition) is 3. The molecule has 9 nitrogen and oxygen atoms in total. The van der Waals surface area contributed by atoms with Gasteiger partial charge >= 0.3 is 0 Å². The van der Waals surface area contributed by atoms with Gasteiger partial charge in [0, 0.05) is 17.3 Å². The van der Waals surface area contributed by atoms with Gasteiger partial charge in [-0.3, -0.25) is 9.59 Å². The van der Waals surface area contributed by atoms with Crippen molar-refractivity contribution in [2.24, 2.45) is 0 Å². The van der Waals surface area contributed by atoms with Crippen LogP contribution in [0.3, 0.4) is 0 Å². The first-order chi connectivity index (χ1) is 14.6. The summed E-state index contributed by atoms with van der Waals surface area (Å²) < 4.78 is 27.1. The minimum Gasteiger partial charge on any atom is -0.383 e. The molecule has 4 N–H and O–H groups in total. The molecule has 162 valence electrons. The summed E-state index contributed by atoms with van der Waals surface area (Å²) in [6.07, 6.45) is 3.52. The molecular formula is C17H15ClF2N7O2PS. The smallest absolute Gasteiger partial charge is 0.285 e. The van der Waals surface area contributed by atoms with Crippen molar-refractivity contribution in [3.8, 4) is 0 Å². The van der Waals surface area contributed by atoms with Gasteiger partial charge in [0.15, 0.2) is 0 Å². The van der Waals surface area contributed by atoms with Crippen molar-refractivity contribution < 1.29 is 18.4 Å². The standard InChI is InChI=1S/C17H15ClF2N7O2PS/c1-7-13(25-6-26-14(7)21)16(29)24-5-12-23-4-10(31-12)15(28)27-11-2-8(17(19,20)30)9(18)3-22-11/h2-4,6H,5,30H2,1H3,(H,24,29)(H2,21,25,26)(H,22,27,28). The summed E-state index contributed by atoms with van der Waals surface area (Å²) in [5.41, 5.74) is 2.49. The Labute approximate surface area is 186 Å². The molecule has 3 aromatic rings. The lowest BCUT2D eigenvalue weighted by molar-refractivity contribution is 0.0944. The number of nitrogen functional groups attached to an aromatic ring is 1. The fraction of sp³-hybridized carbons (Fsp3) is 0.176. The summed E-state index contributed by atoms with van der Waals surface area (Å²) in [5.74, 6) is -0.954. The number of aromatic nitrogens is 4. The lowest BCUT2D eigenvalue weighted by atomic mass is 10.2. The van der Waals surface area contributed by atoms with E-state index in [1.54, 1.807) is 6.92 Å². The Morgan fingerprint density at radius 2 is 1.97 bits per heavy atom. The van der Waals surface area contributed by atoms with Gasteiger partial charge in [-0.15, -0.1) is 11.3 Å². The quantitative estimate of drug-likeness (QED) is 0.456. The minimum absolute atomic E-state index is 0.0444. The fourth-order valence-electron chi connectivity index (χ4n) is 2.37. The zero-order valence-electron chi connectivity index (χ0n) is 15.8. The number of rotatable bonds is 6. The van der Waals surface area contributed by atoms with Crippen molar-refractivity contribution in [1.82, 2.24) is 25.3 Å². The van der Waals surface area contributed by atoms with E-state index in [9.17, 15) is 18.4 Å². The minimum atomic E-state index is -3.28. The Hall–Kier alpha value is -2.82. The van der Waals surface area contributed by atoms with Gasteiger partial charge in [0.1, 0.15) is 33.5 Å². The highest BCUT2D eigenvalue weighted by Gasteiger charge is 2.28. The topological polar surface area (TPSA) is 136 Å². The molecule has 0 saturated heterocycles. The first-order valence-corrected chi connectivity index (χ1v) is 10.3. The molecule has 0 aliphatic carbocycles. The third kappa shape index (κ3) is 5.46. The molecule has 1 atom stereocenters. The van der Waals surface area contributed by atoms with E-state index in [0.717, 1.165) is 23.6 Å². The molecular weight excluding hydrogens is 471 g/mol. The van der Waals surface area contributed by atoms with Crippen LogP contribution in [-0.4, -0.2) is 31.8 Å². The lowest BCUT2D eigenvalue weighted by Gasteiger charge is -2.13. The predicted molar refractivity (Wildman–Crippen MR) is 115 cm³/mol. The van der Waals surface area contributed by atoms with Crippen molar-refractivity contribution in [3.05, 3.63) is 56.5 Å². The molecule has 0 spiro atoms. The number of halogens is 3. The number of carbonyl (C=O) groups is 2. The fourth-order valence-corrected chi connectivity index (χ4v) is 3.68. The summed E-state index contributed by atoms with van der Waals surface area (Å²) in [5, 5.41) is 5.27. The SMILES string of the molecule is Cc1c(N)ncnc1C(=O)NCc1ncc(C(=O)Nc2cc(C(F)(F)P)c(Cl)cn2)s1. The zero-order chi connectivity index (χ0) is 22.8. The van der Waals surface area contributed by atoms with Crippen molar-refractivity contribution in [2.75, 3.05) is 11.1 Å². The van der Waals surface area contributed by atoms with Crippen LogP contribution in [0.15, 0.2) is 24.8 Å². The number of hydrogen-bond acceptors (Lipinski definition) is 8. The number of alkyl halides is 2. The second-order valence-corrected chi connectivity index (χ2v) is 8.41. The maximum absolute atomic E-state index is 13.6. The number of nitrogens with one attached hydrogen (secondary N) is 2. The van der Waals surface area contributed by atoms with Crippen molar-refractivity contribution in [2.45, 2.75) is 19.1 Å². The Kier molecular flexibility index (Phi) is 6.73. The van der Waals surface area contributed by atoms with Crippen LogP contribution < -0.4 is 16.4 Å². The van der Waals surface area contributed by atoms with Crippen LogP contribution in [0.25, 0.3) is 0 Å². The van der Waals surface area contributed by atoms with Crippen LogP contribution in [0, 0.1) is 6.92 Å². The highest BCUT2D eigenvalue weighted by atomic mass is 35.5. The van der Waals surface area contributed by atoms with Gasteiger partial charge in [-0.05, 0) is 13.0 Å². The second-order valence-electron chi connectivity index (χ2n) is 6.16. The van der Waals surface area contributed by atoms with E-state index in [1.807, 2.05) is 0 Å². The third-order valence-corrected chi connectivity index (χ3v) is 5.58. The first-order valence-electron chi connectivity index (χ1n) is 8.50. The zero-order valence-corrected chi connectivity index (χ0v) is 18.5. The number of nitrogens with zero attached hydrogens (tertiary/aromatic N) is 4. The Morgan fingerprint density at radius 3 is 2.68 bits per heavy atom. The first kappa shape index (κ1) is 22.9. The Morgan fingerprint density at radius 1 is 1.23 bits per heavy atom. The Bertz CT molecular complexity index is 1160. The third-order valence-electron chi connectivity index (χ3n) is 3.97. The number of pyridine rings is 1. The molecule has 0 aliphatic heterocycles. The van der Waals surface area contributed by atoms with Gasteiger partial charge in [-0.1, -0.05) is 20.8 Å². The van der Waals surface area contributed by atoms with Gasteiger partial charge in [0.25, 0.3) is 17.5 Å². The van der Waals surface area contributed by atoms with Crippen LogP contribution in [0.4, 0.5) is 20.4 Å². The van der Waals surface area contributed by atoms with Crippen LogP contribution in [0.1, 0.15) is 36.3 Å². The predicted octanol–water partition coefficient (Wildman–Crippen LogP) is 2.98. The maximum atomic E-state index is 13.6. The second kappa shape index (κ2) is 9.13. The van der Waals surface area contributed by atoms with Crippen LogP contribution >= 0.6 is 32.2 Å². The number of thiazole rings is 1. The molecule has 2 amide bonds. The molecule has 3 heterocycles. The molecule has 1 unspecified atom stereocenters. The molecule has 0 aliphatic rings. The highest BCUT2D eigenvalue weighted by Crippen LogP contribution is 2.39. The van der Waals surface area contributed by atoms with E-state index < -0.39 is 23.0 Å². The van der Waals surface area contributed by atoms with Crippen LogP contribution in [-0.2, 0) is 12.2 Å². The summed E-state index contributed by atoms with van der Waals surface area (Å²) in [7, 11) is 1.38. The van der Waals surface area contributed by atoms with Crippen LogP contribution in [0.5, 0.6) is 0 Å². The molecule has 14 heteroatoms. The molecule has 0 saturated carbocycles. The number of carbonyl (C=O) groups excluding carboxylic acids is 2. The van der Waals surface area contributed by atoms with Gasteiger partial charge in [0.2, 0.25) is 0 Å². The van der Waals surface area contributed by atoms with Gasteiger partial charge in [0.05, 0.1) is 17.8 Å². The summed E-state index contributed by atoms with van der Waals surface area (Å²) in [6, 6.07) is 0.991. The monoisotopic (exact) mass is 485 g/mol. The van der Waals surface area contributed by atoms with Crippen molar-refractivity contribution in [1.29, 1.82) is 0 Å². The summed E-state index contributed by atoms with van der Waals surface area (Å²) in [6.45, 7) is 1.67. The summed E-state index contributed by atoms with van der Waals surface area (Å²) >= 11 is 6.75. The molecule has 31 heavy (non-hydrogen) atoms. The largest absolute Gasteiger partial charge is 0.383 e. The average molecular weight is 486 g/mol. The van der Waals surface area contributed by atoms with E-state index in [4.69, 9.17) is 17.3 Å². The van der Waals surface area contributed by atoms with Gasteiger partial charge in [-0.2, -0.15) is 8.78 Å². The number of anilines is 2. The van der Waals surface area contributed by atoms with Crippen molar-refractivity contribution in [3.63, 3.8) is 0 Å². The molecule has 0 bridgehead atoms. The average Bonchev–Trinajstić information content (AvgIpc) is 3.18. The molecule has 3 rings (SSSR count).